The van der Waals surface area contributed by atoms with Crippen molar-refractivity contribution < 1.29 is 9.53 Å². The summed E-state index contributed by atoms with van der Waals surface area (Å²) in [6.45, 7) is 6.45. The van der Waals surface area contributed by atoms with Crippen LogP contribution in [0, 0.1) is 5.92 Å². The second kappa shape index (κ2) is 7.25. The molecular formula is C18H27N5O2. The van der Waals surface area contributed by atoms with Gasteiger partial charge in [-0.3, -0.25) is 4.79 Å². The normalized spacial score (nSPS) is 24.9. The van der Waals surface area contributed by atoms with Crippen LogP contribution in [0.4, 0.5) is 5.82 Å². The first-order chi connectivity index (χ1) is 12.2. The molecule has 0 saturated carbocycles. The summed E-state index contributed by atoms with van der Waals surface area (Å²) < 4.78 is 5.37. The highest BCUT2D eigenvalue weighted by molar-refractivity contribution is 5.80. The van der Waals surface area contributed by atoms with Crippen LogP contribution in [0.15, 0.2) is 6.33 Å². The van der Waals surface area contributed by atoms with Crippen molar-refractivity contribution in [3.63, 3.8) is 0 Å². The molecule has 1 amide bonds. The molecule has 1 atom stereocenters. The molecule has 2 saturated heterocycles. The lowest BCUT2D eigenvalue weighted by Gasteiger charge is -2.38. The predicted molar refractivity (Wildman–Crippen MR) is 94.4 cm³/mol. The van der Waals surface area contributed by atoms with E-state index in [1.165, 1.54) is 11.3 Å². The Morgan fingerprint density at radius 1 is 1.20 bits per heavy atom. The molecule has 1 aromatic rings. The smallest absolute Gasteiger partial charge is 0.227 e. The molecule has 0 radical (unpaired) electrons. The third-order valence-electron chi connectivity index (χ3n) is 5.56. The Balaban J connectivity index is 1.51. The van der Waals surface area contributed by atoms with Crippen molar-refractivity contribution in [3.8, 4) is 0 Å². The average Bonchev–Trinajstić information content (AvgIpc) is 2.67. The van der Waals surface area contributed by atoms with Gasteiger partial charge in [-0.15, -0.1) is 0 Å². The van der Waals surface area contributed by atoms with Crippen molar-refractivity contribution in [2.24, 2.45) is 5.92 Å². The van der Waals surface area contributed by atoms with Gasteiger partial charge in [0.15, 0.2) is 0 Å². The number of nitrogens with zero attached hydrogens (tertiary/aromatic N) is 5. The number of fused-ring (bicyclic) bond motifs is 1. The number of carbonyl (C=O) groups excluding carboxylic acids is 1. The van der Waals surface area contributed by atoms with E-state index in [-0.39, 0.29) is 11.8 Å². The average molecular weight is 345 g/mol. The second-order valence-corrected chi connectivity index (χ2v) is 7.33. The molecule has 3 aliphatic heterocycles. The van der Waals surface area contributed by atoms with Crippen LogP contribution in [0.25, 0.3) is 0 Å². The maximum Gasteiger partial charge on any atom is 0.227 e. The van der Waals surface area contributed by atoms with Gasteiger partial charge < -0.3 is 19.4 Å². The van der Waals surface area contributed by atoms with Gasteiger partial charge in [0.1, 0.15) is 12.1 Å². The first kappa shape index (κ1) is 16.7. The third-order valence-corrected chi connectivity index (χ3v) is 5.56. The maximum absolute atomic E-state index is 12.9. The fraction of sp³-hybridized carbons (Fsp3) is 0.722. The zero-order chi connectivity index (χ0) is 17.2. The number of hydrogen-bond donors (Lipinski definition) is 0. The van der Waals surface area contributed by atoms with Crippen molar-refractivity contribution in [2.45, 2.75) is 25.8 Å². The molecule has 7 heteroatoms. The lowest BCUT2D eigenvalue weighted by atomic mass is 9.95. The maximum atomic E-state index is 12.9. The quantitative estimate of drug-likeness (QED) is 0.780. The van der Waals surface area contributed by atoms with Crippen LogP contribution in [0.5, 0.6) is 0 Å². The van der Waals surface area contributed by atoms with Crippen LogP contribution in [0.3, 0.4) is 0 Å². The first-order valence-corrected chi connectivity index (χ1v) is 9.35. The summed E-state index contributed by atoms with van der Waals surface area (Å²) in [5, 5.41) is 0. The van der Waals surface area contributed by atoms with Crippen LogP contribution >= 0.6 is 0 Å². The number of morpholine rings is 1. The molecule has 25 heavy (non-hydrogen) atoms. The number of carbonyl (C=O) groups is 1. The number of piperidine rings is 1. The number of likely N-dealkylation sites (N-methyl/N-ethyl adjacent to an activating group) is 1. The van der Waals surface area contributed by atoms with Crippen molar-refractivity contribution in [1.82, 2.24) is 19.8 Å². The molecular weight excluding hydrogens is 318 g/mol. The minimum Gasteiger partial charge on any atom is -0.378 e. The SMILES string of the molecule is CN1CCc2ncnc(N3CCCC(C(=O)N4CCOCC4)C3)c2C1. The van der Waals surface area contributed by atoms with Gasteiger partial charge in [-0.1, -0.05) is 0 Å². The molecule has 0 N–H and O–H groups in total. The van der Waals surface area contributed by atoms with Crippen molar-refractivity contribution >= 4 is 11.7 Å². The lowest BCUT2D eigenvalue weighted by molar-refractivity contribution is -0.139. The van der Waals surface area contributed by atoms with E-state index in [9.17, 15) is 4.79 Å². The summed E-state index contributed by atoms with van der Waals surface area (Å²) in [4.78, 5) is 28.6. The van der Waals surface area contributed by atoms with E-state index in [1.54, 1.807) is 6.33 Å². The van der Waals surface area contributed by atoms with E-state index in [1.807, 2.05) is 4.90 Å². The Hall–Kier alpha value is -1.73. The summed E-state index contributed by atoms with van der Waals surface area (Å²) in [6.07, 6.45) is 4.67. The van der Waals surface area contributed by atoms with Gasteiger partial charge in [0.2, 0.25) is 5.91 Å². The highest BCUT2D eigenvalue weighted by atomic mass is 16.5. The second-order valence-electron chi connectivity index (χ2n) is 7.33. The monoisotopic (exact) mass is 345 g/mol. The van der Waals surface area contributed by atoms with E-state index in [2.05, 4.69) is 26.8 Å². The molecule has 3 aliphatic rings. The van der Waals surface area contributed by atoms with Gasteiger partial charge in [0.25, 0.3) is 0 Å². The lowest BCUT2D eigenvalue weighted by Crippen LogP contribution is -2.49. The Morgan fingerprint density at radius 2 is 2.04 bits per heavy atom. The van der Waals surface area contributed by atoms with Gasteiger partial charge in [0.05, 0.1) is 24.8 Å². The fourth-order valence-corrected chi connectivity index (χ4v) is 4.15. The fourth-order valence-electron chi connectivity index (χ4n) is 4.15. The summed E-state index contributed by atoms with van der Waals surface area (Å²) in [5.74, 6) is 1.39. The highest BCUT2D eigenvalue weighted by Crippen LogP contribution is 2.29. The Kier molecular flexibility index (Phi) is 4.85. The number of aromatic nitrogens is 2. The molecule has 7 nitrogen and oxygen atoms in total. The Morgan fingerprint density at radius 3 is 2.88 bits per heavy atom. The first-order valence-electron chi connectivity index (χ1n) is 9.35. The molecule has 0 aromatic carbocycles. The van der Waals surface area contributed by atoms with Gasteiger partial charge in [0, 0.05) is 51.3 Å². The molecule has 2 fully saturated rings. The zero-order valence-corrected chi connectivity index (χ0v) is 15.0. The molecule has 1 unspecified atom stereocenters. The topological polar surface area (TPSA) is 61.8 Å². The van der Waals surface area contributed by atoms with Crippen LogP contribution < -0.4 is 4.90 Å². The van der Waals surface area contributed by atoms with Crippen LogP contribution in [-0.2, 0) is 22.5 Å². The van der Waals surface area contributed by atoms with Crippen LogP contribution in [-0.4, -0.2) is 78.7 Å². The zero-order valence-electron chi connectivity index (χ0n) is 15.0. The van der Waals surface area contributed by atoms with Crippen molar-refractivity contribution in [2.75, 3.05) is 57.9 Å². The third kappa shape index (κ3) is 3.48. The van der Waals surface area contributed by atoms with Crippen LogP contribution in [0.2, 0.25) is 0 Å². The van der Waals surface area contributed by atoms with E-state index >= 15 is 0 Å². The highest BCUT2D eigenvalue weighted by Gasteiger charge is 2.32. The number of amides is 1. The summed E-state index contributed by atoms with van der Waals surface area (Å²) >= 11 is 0. The molecule has 4 rings (SSSR count). The Bertz CT molecular complexity index is 632. The summed E-state index contributed by atoms with van der Waals surface area (Å²) in [6, 6.07) is 0. The molecule has 1 aromatic heterocycles. The van der Waals surface area contributed by atoms with Gasteiger partial charge >= 0.3 is 0 Å². The standard InChI is InChI=1S/C18H27N5O2/c1-21-6-4-16-15(12-21)17(20-13-19-16)23-5-2-3-14(11-23)18(24)22-7-9-25-10-8-22/h13-14H,2-12H2,1H3. The van der Waals surface area contributed by atoms with E-state index in [0.29, 0.717) is 13.2 Å². The molecule has 0 aliphatic carbocycles. The predicted octanol–water partition coefficient (Wildman–Crippen LogP) is 0.540. The molecule has 0 bridgehead atoms. The van der Waals surface area contributed by atoms with Gasteiger partial charge in [-0.2, -0.15) is 0 Å². The summed E-state index contributed by atoms with van der Waals surface area (Å²) in [7, 11) is 2.14. The van der Waals surface area contributed by atoms with Crippen LogP contribution in [0.1, 0.15) is 24.1 Å². The van der Waals surface area contributed by atoms with E-state index in [0.717, 1.165) is 64.3 Å². The van der Waals surface area contributed by atoms with E-state index in [4.69, 9.17) is 4.74 Å². The van der Waals surface area contributed by atoms with E-state index < -0.39 is 0 Å². The summed E-state index contributed by atoms with van der Waals surface area (Å²) in [5.41, 5.74) is 2.42. The number of rotatable bonds is 2. The van der Waals surface area contributed by atoms with Crippen molar-refractivity contribution in [1.29, 1.82) is 0 Å². The van der Waals surface area contributed by atoms with Gasteiger partial charge in [-0.05, 0) is 19.9 Å². The molecule has 4 heterocycles. The molecule has 136 valence electrons. The largest absolute Gasteiger partial charge is 0.378 e. The number of hydrogen-bond acceptors (Lipinski definition) is 6. The van der Waals surface area contributed by atoms with Gasteiger partial charge in [-0.25, -0.2) is 9.97 Å². The number of ether oxygens (including phenoxy) is 1. The minimum absolute atomic E-state index is 0.0683. The Labute approximate surface area is 149 Å². The number of anilines is 1. The minimum atomic E-state index is 0.0683. The molecule has 0 spiro atoms. The van der Waals surface area contributed by atoms with Crippen molar-refractivity contribution in [3.05, 3.63) is 17.6 Å².